The fraction of sp³-hybridized carbons (Fsp3) is 0.200. The summed E-state index contributed by atoms with van der Waals surface area (Å²) in [6.45, 7) is 2.91. The van der Waals surface area contributed by atoms with Crippen LogP contribution in [0.25, 0.3) is 16.5 Å². The predicted molar refractivity (Wildman–Crippen MR) is 145 cm³/mol. The van der Waals surface area contributed by atoms with Crippen molar-refractivity contribution in [2.75, 3.05) is 19.0 Å². The molecule has 0 radical (unpaired) electrons. The number of amides is 1. The zero-order valence-corrected chi connectivity index (χ0v) is 20.9. The summed E-state index contributed by atoms with van der Waals surface area (Å²) < 4.78 is 13.1. The molecule has 7 nitrogen and oxygen atoms in total. The highest BCUT2D eigenvalue weighted by Crippen LogP contribution is 2.26. The highest BCUT2D eigenvalue weighted by atomic mass is 16.5. The molecule has 0 aliphatic rings. The third-order valence-electron chi connectivity index (χ3n) is 6.02. The van der Waals surface area contributed by atoms with Gasteiger partial charge in [0.15, 0.2) is 0 Å². The molecule has 0 atom stereocenters. The number of benzene rings is 3. The molecule has 2 N–H and O–H groups in total. The maximum Gasteiger partial charge on any atom is 0.303 e. The molecular weight excluding hydrogens is 468 g/mol. The van der Waals surface area contributed by atoms with Gasteiger partial charge in [-0.2, -0.15) is 0 Å². The molecule has 7 heteroatoms. The first kappa shape index (κ1) is 25.6. The van der Waals surface area contributed by atoms with Crippen LogP contribution in [0.4, 0.5) is 5.69 Å². The number of para-hydroxylation sites is 2. The van der Waals surface area contributed by atoms with E-state index in [-0.39, 0.29) is 18.9 Å². The maximum absolute atomic E-state index is 12.8. The molecule has 0 spiro atoms. The van der Waals surface area contributed by atoms with Gasteiger partial charge in [-0.3, -0.25) is 9.59 Å². The Morgan fingerprint density at radius 1 is 1.03 bits per heavy atom. The van der Waals surface area contributed by atoms with Gasteiger partial charge in [-0.05, 0) is 72.5 Å². The van der Waals surface area contributed by atoms with Crippen molar-refractivity contribution in [3.05, 3.63) is 96.2 Å². The number of fused-ring (bicyclic) bond motifs is 1. The van der Waals surface area contributed by atoms with Crippen LogP contribution < -0.4 is 14.8 Å². The fourth-order valence-electron chi connectivity index (χ4n) is 4.06. The van der Waals surface area contributed by atoms with E-state index in [0.717, 1.165) is 34.3 Å². The molecule has 0 saturated heterocycles. The second-order valence-corrected chi connectivity index (χ2v) is 8.72. The smallest absolute Gasteiger partial charge is 0.303 e. The van der Waals surface area contributed by atoms with Crippen LogP contribution in [0.1, 0.15) is 30.9 Å². The molecule has 4 aromatic rings. The first-order valence-electron chi connectivity index (χ1n) is 12.1. The first-order valence-corrected chi connectivity index (χ1v) is 12.1. The molecule has 1 aromatic heterocycles. The van der Waals surface area contributed by atoms with Crippen molar-refractivity contribution in [3.8, 4) is 11.5 Å². The number of carboxylic acids is 1. The van der Waals surface area contributed by atoms with E-state index in [4.69, 9.17) is 14.6 Å². The number of carbonyl (C=O) groups is 2. The number of nitrogens with zero attached hydrogens (tertiary/aromatic N) is 1. The monoisotopic (exact) mass is 498 g/mol. The SMILES string of the molecule is COc1ccc(Cn2ccc3cc(/C(C)=C/C(=O)Nc4ccccc4OCCCC(=O)O)ccc32)cc1. The van der Waals surface area contributed by atoms with Gasteiger partial charge in [0.2, 0.25) is 5.91 Å². The summed E-state index contributed by atoms with van der Waals surface area (Å²) in [6, 6.07) is 23.4. The van der Waals surface area contributed by atoms with Crippen molar-refractivity contribution in [2.24, 2.45) is 0 Å². The minimum atomic E-state index is -0.863. The Labute approximate surface area is 216 Å². The lowest BCUT2D eigenvalue weighted by atomic mass is 10.0. The van der Waals surface area contributed by atoms with Crippen LogP contribution in [-0.2, 0) is 16.1 Å². The Morgan fingerprint density at radius 3 is 2.57 bits per heavy atom. The van der Waals surface area contributed by atoms with Crippen molar-refractivity contribution in [3.63, 3.8) is 0 Å². The first-order chi connectivity index (χ1) is 17.9. The summed E-state index contributed by atoms with van der Waals surface area (Å²) in [6.07, 6.45) is 4.06. The highest BCUT2D eigenvalue weighted by molar-refractivity contribution is 6.04. The molecule has 0 bridgehead atoms. The number of hydrogen-bond donors (Lipinski definition) is 2. The summed E-state index contributed by atoms with van der Waals surface area (Å²) in [5, 5.41) is 12.7. The zero-order chi connectivity index (χ0) is 26.2. The molecule has 0 saturated carbocycles. The number of methoxy groups -OCH3 is 1. The van der Waals surface area contributed by atoms with Crippen molar-refractivity contribution < 1.29 is 24.2 Å². The van der Waals surface area contributed by atoms with Crippen molar-refractivity contribution in [1.82, 2.24) is 4.57 Å². The van der Waals surface area contributed by atoms with Gasteiger partial charge in [0, 0.05) is 36.1 Å². The summed E-state index contributed by atoms with van der Waals surface area (Å²) in [4.78, 5) is 23.4. The van der Waals surface area contributed by atoms with E-state index in [1.54, 1.807) is 37.5 Å². The Morgan fingerprint density at radius 2 is 1.81 bits per heavy atom. The number of aromatic nitrogens is 1. The lowest BCUT2D eigenvalue weighted by Gasteiger charge is -2.12. The molecule has 37 heavy (non-hydrogen) atoms. The molecule has 1 heterocycles. The van der Waals surface area contributed by atoms with Gasteiger partial charge in [-0.1, -0.05) is 30.3 Å². The number of aliphatic carboxylic acids is 1. The molecule has 0 aliphatic heterocycles. The van der Waals surface area contributed by atoms with E-state index in [1.165, 1.54) is 5.56 Å². The van der Waals surface area contributed by atoms with E-state index < -0.39 is 5.97 Å². The van der Waals surface area contributed by atoms with Gasteiger partial charge in [-0.15, -0.1) is 0 Å². The van der Waals surface area contributed by atoms with E-state index in [1.807, 2.05) is 25.1 Å². The van der Waals surface area contributed by atoms with E-state index in [2.05, 4.69) is 46.4 Å². The normalized spacial score (nSPS) is 11.4. The third kappa shape index (κ3) is 6.79. The molecule has 1 amide bonds. The van der Waals surface area contributed by atoms with Crippen LogP contribution in [0.2, 0.25) is 0 Å². The standard InChI is InChI=1S/C30H30N2O5/c1-21(18-29(33)31-26-6-3-4-7-28(26)37-17-5-8-30(34)35)23-11-14-27-24(19-23)15-16-32(27)20-22-9-12-25(36-2)13-10-22/h3-4,6-7,9-16,18-19H,5,8,17,20H2,1-2H3,(H,31,33)(H,34,35)/b21-18+. The number of anilines is 1. The average molecular weight is 499 g/mol. The van der Waals surface area contributed by atoms with Gasteiger partial charge in [0.25, 0.3) is 0 Å². The Hall–Kier alpha value is -4.52. The lowest BCUT2D eigenvalue weighted by Crippen LogP contribution is -2.11. The molecule has 0 unspecified atom stereocenters. The fourth-order valence-corrected chi connectivity index (χ4v) is 4.06. The number of rotatable bonds is 11. The molecule has 3 aromatic carbocycles. The number of nitrogens with one attached hydrogen (secondary N) is 1. The van der Waals surface area contributed by atoms with E-state index in [9.17, 15) is 9.59 Å². The number of carbonyl (C=O) groups excluding carboxylic acids is 1. The minimum Gasteiger partial charge on any atom is -0.497 e. The summed E-state index contributed by atoms with van der Waals surface area (Å²) in [7, 11) is 1.66. The van der Waals surface area contributed by atoms with Crippen LogP contribution >= 0.6 is 0 Å². The second kappa shape index (κ2) is 11.9. The van der Waals surface area contributed by atoms with Crippen LogP contribution in [0, 0.1) is 0 Å². The summed E-state index contributed by atoms with van der Waals surface area (Å²) in [5.41, 5.74) is 4.63. The third-order valence-corrected chi connectivity index (χ3v) is 6.02. The maximum atomic E-state index is 12.8. The summed E-state index contributed by atoms with van der Waals surface area (Å²) >= 11 is 0. The topological polar surface area (TPSA) is 89.8 Å². The second-order valence-electron chi connectivity index (χ2n) is 8.72. The Kier molecular flexibility index (Phi) is 8.26. The Bertz CT molecular complexity index is 1420. The largest absolute Gasteiger partial charge is 0.497 e. The van der Waals surface area contributed by atoms with Crippen molar-refractivity contribution >= 4 is 34.0 Å². The Balaban J connectivity index is 1.43. The molecule has 4 rings (SSSR count). The molecule has 0 aliphatic carbocycles. The van der Waals surface area contributed by atoms with Gasteiger partial charge >= 0.3 is 5.97 Å². The van der Waals surface area contributed by atoms with Crippen molar-refractivity contribution in [2.45, 2.75) is 26.3 Å². The van der Waals surface area contributed by atoms with Crippen LogP contribution in [-0.4, -0.2) is 35.3 Å². The number of ether oxygens (including phenoxy) is 2. The van der Waals surface area contributed by atoms with E-state index in [0.29, 0.717) is 17.9 Å². The average Bonchev–Trinajstić information content (AvgIpc) is 3.29. The minimum absolute atomic E-state index is 0.0334. The van der Waals surface area contributed by atoms with Gasteiger partial charge in [0.1, 0.15) is 11.5 Å². The van der Waals surface area contributed by atoms with Gasteiger partial charge in [0.05, 0.1) is 19.4 Å². The molecule has 190 valence electrons. The van der Waals surface area contributed by atoms with Gasteiger partial charge in [-0.25, -0.2) is 0 Å². The van der Waals surface area contributed by atoms with Crippen molar-refractivity contribution in [1.29, 1.82) is 0 Å². The molecular formula is C30H30N2O5. The highest BCUT2D eigenvalue weighted by Gasteiger charge is 2.09. The van der Waals surface area contributed by atoms with Crippen LogP contribution in [0.15, 0.2) is 85.1 Å². The van der Waals surface area contributed by atoms with Crippen LogP contribution in [0.3, 0.4) is 0 Å². The number of allylic oxidation sites excluding steroid dienone is 1. The lowest BCUT2D eigenvalue weighted by molar-refractivity contribution is -0.137. The number of carboxylic acid groups (broad SMARTS) is 1. The predicted octanol–water partition coefficient (Wildman–Crippen LogP) is 5.98. The number of hydrogen-bond acceptors (Lipinski definition) is 4. The quantitative estimate of drug-likeness (QED) is 0.196. The summed E-state index contributed by atoms with van der Waals surface area (Å²) in [5.74, 6) is 0.213. The van der Waals surface area contributed by atoms with E-state index >= 15 is 0 Å². The van der Waals surface area contributed by atoms with Gasteiger partial charge < -0.3 is 24.5 Å². The molecule has 0 fully saturated rings. The zero-order valence-electron chi connectivity index (χ0n) is 20.9. The van der Waals surface area contributed by atoms with Crippen LogP contribution in [0.5, 0.6) is 11.5 Å².